The highest BCUT2D eigenvalue weighted by molar-refractivity contribution is 5.85. The summed E-state index contributed by atoms with van der Waals surface area (Å²) in [5.74, 6) is -1.60. The molecule has 318 valence electrons. The molecule has 4 unspecified atom stereocenters. The van der Waals surface area contributed by atoms with Crippen LogP contribution in [-0.4, -0.2) is 44.0 Å². The molecule has 2 aliphatic heterocycles. The van der Waals surface area contributed by atoms with Crippen LogP contribution < -0.4 is 0 Å². The van der Waals surface area contributed by atoms with Crippen LogP contribution in [0.4, 0.5) is 17.6 Å². The SMILES string of the molecule is C/C=C/c1cc(F)c(C2C3=C(CC(C)N2C24CC(C2)C4)c2ccccc2C3)c(F)c1.CC1CC2=C(Cc3ccccc32)C(c2c(F)cc(/C=C/C(=O)O)cc2F)N1C12CC(C1)C2. The number of carboxylic acids is 1. The lowest BCUT2D eigenvalue weighted by Gasteiger charge is -2.70. The molecule has 4 bridgehead atoms. The smallest absolute Gasteiger partial charge is 0.328 e. The number of hydrogen-bond acceptors (Lipinski definition) is 3. The normalized spacial score (nSPS) is 31.3. The molecule has 6 saturated carbocycles. The Bertz CT molecular complexity index is 2610. The monoisotopic (exact) mass is 836 g/mol. The zero-order chi connectivity index (χ0) is 42.8. The summed E-state index contributed by atoms with van der Waals surface area (Å²) in [5.41, 5.74) is 11.3. The van der Waals surface area contributed by atoms with E-state index in [1.807, 2.05) is 25.1 Å². The zero-order valence-electron chi connectivity index (χ0n) is 35.5. The third-order valence-corrected chi connectivity index (χ3v) is 16.0. The lowest BCUT2D eigenvalue weighted by molar-refractivity contribution is -0.173. The van der Waals surface area contributed by atoms with Crippen molar-refractivity contribution >= 4 is 29.3 Å². The summed E-state index contributed by atoms with van der Waals surface area (Å²) in [7, 11) is 0. The lowest BCUT2D eigenvalue weighted by atomic mass is 9.48. The van der Waals surface area contributed by atoms with Crippen LogP contribution in [0.2, 0.25) is 0 Å². The fourth-order valence-electron chi connectivity index (χ4n) is 13.4. The molecule has 2 heterocycles. The van der Waals surface area contributed by atoms with Crippen molar-refractivity contribution in [3.05, 3.63) is 164 Å². The topological polar surface area (TPSA) is 43.8 Å². The van der Waals surface area contributed by atoms with E-state index in [0.29, 0.717) is 5.56 Å². The summed E-state index contributed by atoms with van der Waals surface area (Å²) in [4.78, 5) is 15.8. The maximum Gasteiger partial charge on any atom is 0.328 e. The molecule has 4 aromatic rings. The third kappa shape index (κ3) is 6.02. The Balaban J connectivity index is 0.000000140. The first-order valence-corrected chi connectivity index (χ1v) is 22.6. The van der Waals surface area contributed by atoms with E-state index in [0.717, 1.165) is 68.4 Å². The molecule has 0 amide bonds. The minimum Gasteiger partial charge on any atom is -0.478 e. The second kappa shape index (κ2) is 14.5. The molecule has 0 aromatic heterocycles. The van der Waals surface area contributed by atoms with Gasteiger partial charge in [0.2, 0.25) is 0 Å². The summed E-state index contributed by atoms with van der Waals surface area (Å²) in [6.07, 6.45) is 16.0. The molecule has 0 spiro atoms. The molecule has 14 rings (SSSR count). The number of hydrogen-bond donors (Lipinski definition) is 1. The van der Waals surface area contributed by atoms with Crippen LogP contribution in [-0.2, 0) is 17.6 Å². The highest BCUT2D eigenvalue weighted by atomic mass is 19.1. The Labute approximate surface area is 361 Å². The number of benzene rings is 4. The van der Waals surface area contributed by atoms with Gasteiger partial charge in [0.1, 0.15) is 23.3 Å². The maximum absolute atomic E-state index is 15.6. The minimum absolute atomic E-state index is 0.0583. The molecule has 4 nitrogen and oxygen atoms in total. The number of allylic oxidation sites excluding steroid dienone is 1. The Morgan fingerprint density at radius 3 is 1.37 bits per heavy atom. The number of aliphatic carboxylic acids is 1. The molecule has 4 atom stereocenters. The second-order valence-electron chi connectivity index (χ2n) is 19.8. The number of carboxylic acid groups (broad SMARTS) is 1. The van der Waals surface area contributed by atoms with Gasteiger partial charge in [-0.3, -0.25) is 9.80 Å². The molecule has 8 aliphatic carbocycles. The molecule has 10 aliphatic rings. The van der Waals surface area contributed by atoms with E-state index in [9.17, 15) is 4.79 Å². The van der Waals surface area contributed by atoms with Crippen LogP contribution in [0.1, 0.15) is 129 Å². The van der Waals surface area contributed by atoms with E-state index < -0.39 is 35.3 Å². The molecule has 1 N–H and O–H groups in total. The van der Waals surface area contributed by atoms with Crippen molar-refractivity contribution in [2.45, 2.75) is 120 Å². The number of carbonyl (C=O) groups is 1. The first-order valence-electron chi connectivity index (χ1n) is 22.6. The van der Waals surface area contributed by atoms with Crippen molar-refractivity contribution < 1.29 is 27.5 Å². The van der Waals surface area contributed by atoms with Gasteiger partial charge < -0.3 is 5.11 Å². The van der Waals surface area contributed by atoms with Crippen LogP contribution in [0.15, 0.2) is 96.1 Å². The first kappa shape index (κ1) is 39.8. The molecule has 0 radical (unpaired) electrons. The fourth-order valence-corrected chi connectivity index (χ4v) is 13.4. The Morgan fingerprint density at radius 2 is 1.02 bits per heavy atom. The van der Waals surface area contributed by atoms with E-state index in [2.05, 4.69) is 60.0 Å². The number of nitrogens with zero attached hydrogens (tertiary/aromatic N) is 2. The summed E-state index contributed by atoms with van der Waals surface area (Å²) in [6.45, 7) is 6.31. The van der Waals surface area contributed by atoms with Crippen molar-refractivity contribution in [2.75, 3.05) is 0 Å². The predicted octanol–water partition coefficient (Wildman–Crippen LogP) is 12.5. The van der Waals surface area contributed by atoms with Crippen LogP contribution in [0.3, 0.4) is 0 Å². The standard InChI is InChI=1S/C27H25F2NO2.C27H27F2N/c1-15-8-20-19-5-3-2-4-18(19)11-21(20)26(30(15)27-12-17(13-27)14-27)25-22(28)9-16(10-23(25)29)6-7-24(31)32;1-3-6-17-10-23(28)25(24(29)11-17)26-22-12-19-7-4-5-8-20(19)21(22)9-16(2)30(26)27-13-18(14-27)15-27/h2-7,9-10,15,17,26H,8,11-14H2,1H3,(H,31,32);3-8,10-11,16,18,26H,9,12-15H2,1-2H3/b7-6+;6-3+. The molecular weight excluding hydrogens is 785 g/mol. The zero-order valence-corrected chi connectivity index (χ0v) is 35.5. The number of fused-ring (bicyclic) bond motifs is 4. The van der Waals surface area contributed by atoms with Gasteiger partial charge in [-0.15, -0.1) is 0 Å². The van der Waals surface area contributed by atoms with Crippen LogP contribution in [0, 0.1) is 35.1 Å². The predicted molar refractivity (Wildman–Crippen MR) is 236 cm³/mol. The number of halogens is 4. The second-order valence-corrected chi connectivity index (χ2v) is 19.8. The Kier molecular flexibility index (Phi) is 9.30. The van der Waals surface area contributed by atoms with E-state index in [-0.39, 0.29) is 45.9 Å². The molecule has 0 saturated heterocycles. The molecule has 8 heteroatoms. The van der Waals surface area contributed by atoms with Crippen molar-refractivity contribution in [1.82, 2.24) is 9.80 Å². The maximum atomic E-state index is 15.6. The van der Waals surface area contributed by atoms with Crippen molar-refractivity contribution in [3.8, 4) is 0 Å². The quantitative estimate of drug-likeness (QED) is 0.149. The van der Waals surface area contributed by atoms with Crippen molar-refractivity contribution in [2.24, 2.45) is 11.8 Å². The third-order valence-electron chi connectivity index (χ3n) is 16.0. The van der Waals surface area contributed by atoms with E-state index >= 15 is 17.6 Å². The van der Waals surface area contributed by atoms with Crippen LogP contribution in [0.5, 0.6) is 0 Å². The van der Waals surface area contributed by atoms with Gasteiger partial charge in [-0.05, 0) is 183 Å². The Hall–Kier alpha value is -5.05. The van der Waals surface area contributed by atoms with Crippen molar-refractivity contribution in [1.29, 1.82) is 0 Å². The summed E-state index contributed by atoms with van der Waals surface area (Å²) >= 11 is 0. The van der Waals surface area contributed by atoms with Gasteiger partial charge in [-0.1, -0.05) is 60.7 Å². The fraction of sp³-hybridized carbons (Fsp3) is 0.389. The van der Waals surface area contributed by atoms with Gasteiger partial charge in [-0.25, -0.2) is 22.4 Å². The minimum atomic E-state index is -1.15. The van der Waals surface area contributed by atoms with Crippen molar-refractivity contribution in [3.63, 3.8) is 0 Å². The van der Waals surface area contributed by atoms with Gasteiger partial charge in [0.25, 0.3) is 0 Å². The van der Waals surface area contributed by atoms with Gasteiger partial charge in [0.05, 0.1) is 12.1 Å². The molecule has 4 aromatic carbocycles. The summed E-state index contributed by atoms with van der Waals surface area (Å²) in [6, 6.07) is 22.1. The van der Waals surface area contributed by atoms with Crippen LogP contribution >= 0.6 is 0 Å². The molecular formula is C54H52F4N2O2. The van der Waals surface area contributed by atoms with Gasteiger partial charge in [-0.2, -0.15) is 0 Å². The van der Waals surface area contributed by atoms with Gasteiger partial charge in [0.15, 0.2) is 0 Å². The largest absolute Gasteiger partial charge is 0.478 e. The Morgan fingerprint density at radius 1 is 0.629 bits per heavy atom. The molecule has 62 heavy (non-hydrogen) atoms. The average molecular weight is 837 g/mol. The van der Waals surface area contributed by atoms with Gasteiger partial charge in [0, 0.05) is 40.4 Å². The summed E-state index contributed by atoms with van der Waals surface area (Å²) in [5, 5.41) is 8.86. The van der Waals surface area contributed by atoms with E-state index in [1.165, 1.54) is 88.6 Å². The highest BCUT2D eigenvalue weighted by Crippen LogP contribution is 2.67. The first-order chi connectivity index (χ1) is 29.9. The van der Waals surface area contributed by atoms with E-state index in [4.69, 9.17) is 5.11 Å². The highest BCUT2D eigenvalue weighted by Gasteiger charge is 2.65. The van der Waals surface area contributed by atoms with Gasteiger partial charge >= 0.3 is 5.97 Å². The summed E-state index contributed by atoms with van der Waals surface area (Å²) < 4.78 is 62.1. The van der Waals surface area contributed by atoms with E-state index in [1.54, 1.807) is 6.08 Å². The average Bonchev–Trinajstić information content (AvgIpc) is 3.71. The van der Waals surface area contributed by atoms with Crippen LogP contribution in [0.25, 0.3) is 23.3 Å². The lowest BCUT2D eigenvalue weighted by Crippen LogP contribution is -2.71. The number of rotatable bonds is 7. The molecule has 6 fully saturated rings.